The molecule has 0 fully saturated rings. The summed E-state index contributed by atoms with van der Waals surface area (Å²) in [5.74, 6) is 2.40. The Hall–Kier alpha value is -1.32. The van der Waals surface area contributed by atoms with Crippen LogP contribution in [0.2, 0.25) is 0 Å². The number of nitrogens with zero attached hydrogens (tertiary/aromatic N) is 2. The third-order valence-corrected chi connectivity index (χ3v) is 2.72. The molecule has 1 aromatic rings. The summed E-state index contributed by atoms with van der Waals surface area (Å²) in [5.41, 5.74) is 0. The molecule has 16 heavy (non-hydrogen) atoms. The summed E-state index contributed by atoms with van der Waals surface area (Å²) in [6.07, 6.45) is 5.91. The summed E-state index contributed by atoms with van der Waals surface area (Å²) >= 11 is 0. The van der Waals surface area contributed by atoms with Crippen molar-refractivity contribution in [3.8, 4) is 0 Å². The summed E-state index contributed by atoms with van der Waals surface area (Å²) in [4.78, 5) is 8.56. The summed E-state index contributed by atoms with van der Waals surface area (Å²) in [7, 11) is 0. The first-order chi connectivity index (χ1) is 7.80. The van der Waals surface area contributed by atoms with Crippen LogP contribution in [0.15, 0.2) is 12.4 Å². The molecular weight excluding hydrogens is 200 g/mol. The summed E-state index contributed by atoms with van der Waals surface area (Å²) in [5, 5.41) is 6.48. The first kappa shape index (κ1) is 12.7. The van der Waals surface area contributed by atoms with E-state index in [1.54, 1.807) is 12.4 Å². The lowest BCUT2D eigenvalue weighted by Gasteiger charge is -2.13. The van der Waals surface area contributed by atoms with E-state index in [2.05, 4.69) is 34.4 Å². The maximum atomic E-state index is 4.42. The molecule has 1 heterocycles. The van der Waals surface area contributed by atoms with E-state index in [0.717, 1.165) is 24.7 Å². The average molecular weight is 222 g/mol. The van der Waals surface area contributed by atoms with Crippen molar-refractivity contribution in [1.82, 2.24) is 9.97 Å². The second-order valence-electron chi connectivity index (χ2n) is 3.88. The Balaban J connectivity index is 2.49. The third kappa shape index (κ3) is 4.04. The van der Waals surface area contributed by atoms with Crippen LogP contribution in [0.3, 0.4) is 0 Å². The topological polar surface area (TPSA) is 49.8 Å². The molecule has 0 saturated heterocycles. The summed E-state index contributed by atoms with van der Waals surface area (Å²) in [6.45, 7) is 8.32. The number of nitrogens with one attached hydrogen (secondary N) is 2. The minimum atomic E-state index is 0.713. The van der Waals surface area contributed by atoms with E-state index in [9.17, 15) is 0 Å². The molecule has 1 rings (SSSR count). The van der Waals surface area contributed by atoms with E-state index >= 15 is 0 Å². The first-order valence-electron chi connectivity index (χ1n) is 6.09. The van der Waals surface area contributed by atoms with Crippen molar-refractivity contribution in [3.05, 3.63) is 12.4 Å². The Kier molecular flexibility index (Phi) is 5.61. The van der Waals surface area contributed by atoms with Crippen LogP contribution < -0.4 is 10.6 Å². The normalized spacial score (nSPS) is 10.5. The molecule has 0 amide bonds. The van der Waals surface area contributed by atoms with Gasteiger partial charge in [0.1, 0.15) is 11.6 Å². The minimum absolute atomic E-state index is 0.713. The van der Waals surface area contributed by atoms with Crippen LogP contribution in [0.1, 0.15) is 33.6 Å². The quantitative estimate of drug-likeness (QED) is 0.745. The average Bonchev–Trinajstić information content (AvgIpc) is 2.31. The lowest BCUT2D eigenvalue weighted by atomic mass is 10.0. The van der Waals surface area contributed by atoms with Crippen LogP contribution in [0, 0.1) is 5.92 Å². The van der Waals surface area contributed by atoms with Gasteiger partial charge in [0.05, 0.1) is 12.4 Å². The highest BCUT2D eigenvalue weighted by molar-refractivity contribution is 5.41. The zero-order valence-electron chi connectivity index (χ0n) is 10.5. The first-order valence-corrected chi connectivity index (χ1v) is 6.09. The van der Waals surface area contributed by atoms with Gasteiger partial charge in [-0.3, -0.25) is 4.98 Å². The summed E-state index contributed by atoms with van der Waals surface area (Å²) < 4.78 is 0. The second-order valence-corrected chi connectivity index (χ2v) is 3.88. The van der Waals surface area contributed by atoms with Gasteiger partial charge in [-0.1, -0.05) is 26.7 Å². The zero-order chi connectivity index (χ0) is 11.8. The molecule has 0 aliphatic heterocycles. The van der Waals surface area contributed by atoms with Gasteiger partial charge in [0.25, 0.3) is 0 Å². The van der Waals surface area contributed by atoms with Crippen molar-refractivity contribution in [1.29, 1.82) is 0 Å². The number of aromatic nitrogens is 2. The van der Waals surface area contributed by atoms with E-state index < -0.39 is 0 Å². The molecule has 0 aliphatic rings. The highest BCUT2D eigenvalue weighted by Gasteiger charge is 2.03. The SMILES string of the molecule is CCNc1cncc(NCC(CC)CC)n1. The van der Waals surface area contributed by atoms with Crippen LogP contribution >= 0.6 is 0 Å². The van der Waals surface area contributed by atoms with Crippen molar-refractivity contribution >= 4 is 11.6 Å². The fourth-order valence-corrected chi connectivity index (χ4v) is 1.54. The molecule has 0 saturated carbocycles. The highest BCUT2D eigenvalue weighted by atomic mass is 15.1. The number of hydrogen-bond donors (Lipinski definition) is 2. The molecule has 0 unspecified atom stereocenters. The second kappa shape index (κ2) is 7.04. The predicted octanol–water partition coefficient (Wildman–Crippen LogP) is 2.76. The van der Waals surface area contributed by atoms with Gasteiger partial charge in [0, 0.05) is 13.1 Å². The molecule has 4 heteroatoms. The Morgan fingerprint density at radius 3 is 2.25 bits per heavy atom. The van der Waals surface area contributed by atoms with E-state index in [-0.39, 0.29) is 0 Å². The maximum Gasteiger partial charge on any atom is 0.146 e. The van der Waals surface area contributed by atoms with Crippen molar-refractivity contribution in [3.63, 3.8) is 0 Å². The Labute approximate surface area is 97.9 Å². The standard InChI is InChI=1S/C12H22N4/c1-4-10(5-2)7-15-12-9-13-8-11(16-12)14-6-3/h8-10H,4-7H2,1-3H3,(H2,14,15,16). The molecule has 2 N–H and O–H groups in total. The van der Waals surface area contributed by atoms with Crippen LogP contribution in [0.25, 0.3) is 0 Å². The molecule has 0 aromatic carbocycles. The van der Waals surface area contributed by atoms with E-state index in [1.807, 2.05) is 6.92 Å². The molecule has 0 bridgehead atoms. The van der Waals surface area contributed by atoms with E-state index in [0.29, 0.717) is 5.92 Å². The molecule has 0 aliphatic carbocycles. The van der Waals surface area contributed by atoms with Gasteiger partial charge in [0.15, 0.2) is 0 Å². The van der Waals surface area contributed by atoms with Crippen molar-refractivity contribution in [2.24, 2.45) is 5.92 Å². The fraction of sp³-hybridized carbons (Fsp3) is 0.667. The summed E-state index contributed by atoms with van der Waals surface area (Å²) in [6, 6.07) is 0. The van der Waals surface area contributed by atoms with Gasteiger partial charge in [-0.25, -0.2) is 4.98 Å². The van der Waals surface area contributed by atoms with Crippen molar-refractivity contribution in [2.45, 2.75) is 33.6 Å². The number of anilines is 2. The lowest BCUT2D eigenvalue weighted by molar-refractivity contribution is 0.518. The smallest absolute Gasteiger partial charge is 0.146 e. The van der Waals surface area contributed by atoms with Crippen LogP contribution in [-0.4, -0.2) is 23.1 Å². The third-order valence-electron chi connectivity index (χ3n) is 2.72. The zero-order valence-corrected chi connectivity index (χ0v) is 10.5. The van der Waals surface area contributed by atoms with Gasteiger partial charge in [-0.2, -0.15) is 0 Å². The van der Waals surface area contributed by atoms with Gasteiger partial charge >= 0.3 is 0 Å². The van der Waals surface area contributed by atoms with Crippen LogP contribution in [-0.2, 0) is 0 Å². The van der Waals surface area contributed by atoms with Gasteiger partial charge in [0.2, 0.25) is 0 Å². The van der Waals surface area contributed by atoms with Crippen molar-refractivity contribution in [2.75, 3.05) is 23.7 Å². The predicted molar refractivity (Wildman–Crippen MR) is 68.8 cm³/mol. The largest absolute Gasteiger partial charge is 0.369 e. The monoisotopic (exact) mass is 222 g/mol. The molecule has 90 valence electrons. The van der Waals surface area contributed by atoms with Crippen LogP contribution in [0.4, 0.5) is 11.6 Å². The Morgan fingerprint density at radius 1 is 1.06 bits per heavy atom. The lowest BCUT2D eigenvalue weighted by Crippen LogP contribution is -2.14. The number of rotatable bonds is 7. The fourth-order valence-electron chi connectivity index (χ4n) is 1.54. The highest BCUT2D eigenvalue weighted by Crippen LogP contribution is 2.10. The van der Waals surface area contributed by atoms with Crippen LogP contribution in [0.5, 0.6) is 0 Å². The number of hydrogen-bond acceptors (Lipinski definition) is 4. The minimum Gasteiger partial charge on any atom is -0.369 e. The van der Waals surface area contributed by atoms with Gasteiger partial charge in [-0.15, -0.1) is 0 Å². The van der Waals surface area contributed by atoms with Gasteiger partial charge < -0.3 is 10.6 Å². The van der Waals surface area contributed by atoms with Gasteiger partial charge in [-0.05, 0) is 12.8 Å². The molecule has 4 nitrogen and oxygen atoms in total. The van der Waals surface area contributed by atoms with E-state index in [4.69, 9.17) is 0 Å². The molecular formula is C12H22N4. The molecule has 0 atom stereocenters. The Bertz CT molecular complexity index is 297. The maximum absolute atomic E-state index is 4.42. The molecule has 1 aromatic heterocycles. The Morgan fingerprint density at radius 2 is 1.69 bits per heavy atom. The van der Waals surface area contributed by atoms with E-state index in [1.165, 1.54) is 12.8 Å². The molecule has 0 radical (unpaired) electrons. The molecule has 0 spiro atoms. The van der Waals surface area contributed by atoms with Crippen molar-refractivity contribution < 1.29 is 0 Å².